The van der Waals surface area contributed by atoms with Gasteiger partial charge in [-0.25, -0.2) is 0 Å². The Labute approximate surface area is 65.9 Å². The van der Waals surface area contributed by atoms with E-state index in [0.717, 1.165) is 0 Å². The van der Waals surface area contributed by atoms with E-state index >= 15 is 0 Å². The Balaban J connectivity index is 3.54. The summed E-state index contributed by atoms with van der Waals surface area (Å²) < 4.78 is 0. The zero-order chi connectivity index (χ0) is 8.69. The van der Waals surface area contributed by atoms with Gasteiger partial charge in [-0.05, 0) is 12.5 Å². The van der Waals surface area contributed by atoms with Gasteiger partial charge in [0.1, 0.15) is 0 Å². The summed E-state index contributed by atoms with van der Waals surface area (Å²) >= 11 is 0. The largest absolute Gasteiger partial charge is 0.481 e. The molecule has 1 atom stereocenters. The number of hydrogen-bond acceptors (Lipinski definition) is 2. The fourth-order valence-corrected chi connectivity index (χ4v) is 0.566. The molecular weight excluding hydrogens is 142 g/mol. The first-order valence-corrected chi connectivity index (χ1v) is 3.27. The molecule has 0 unspecified atom stereocenters. The standard InChI is InChI=1S/C8H11NO2/c1-2-3-4-7(9)5-6-8(10)11/h1,3-4,7H,5-6,9H2,(H,10,11)/b4-3+/t7-/m1/s1. The third-order valence-corrected chi connectivity index (χ3v) is 1.13. The van der Waals surface area contributed by atoms with Gasteiger partial charge >= 0.3 is 5.97 Å². The Morgan fingerprint density at radius 2 is 2.45 bits per heavy atom. The van der Waals surface area contributed by atoms with Crippen molar-refractivity contribution in [2.24, 2.45) is 5.73 Å². The van der Waals surface area contributed by atoms with Gasteiger partial charge in [-0.1, -0.05) is 12.0 Å². The monoisotopic (exact) mass is 153 g/mol. The average molecular weight is 153 g/mol. The number of carboxylic acids is 1. The highest BCUT2D eigenvalue weighted by molar-refractivity contribution is 5.66. The van der Waals surface area contributed by atoms with Crippen LogP contribution < -0.4 is 5.73 Å². The van der Waals surface area contributed by atoms with Crippen LogP contribution in [0.2, 0.25) is 0 Å². The van der Waals surface area contributed by atoms with Gasteiger partial charge in [-0.2, -0.15) is 0 Å². The Kier molecular flexibility index (Phi) is 4.87. The van der Waals surface area contributed by atoms with Gasteiger partial charge in [0, 0.05) is 12.5 Å². The molecule has 0 aliphatic rings. The first kappa shape index (κ1) is 9.73. The molecule has 0 amide bonds. The van der Waals surface area contributed by atoms with Crippen molar-refractivity contribution in [1.29, 1.82) is 0 Å². The van der Waals surface area contributed by atoms with Crippen LogP contribution in [0.1, 0.15) is 12.8 Å². The molecule has 0 aliphatic heterocycles. The van der Waals surface area contributed by atoms with Crippen molar-refractivity contribution in [3.05, 3.63) is 12.2 Å². The molecule has 0 saturated carbocycles. The van der Waals surface area contributed by atoms with Crippen molar-refractivity contribution < 1.29 is 9.90 Å². The topological polar surface area (TPSA) is 63.3 Å². The normalized spacial score (nSPS) is 12.7. The maximum absolute atomic E-state index is 10.1. The van der Waals surface area contributed by atoms with Crippen LogP contribution in [0, 0.1) is 12.3 Å². The molecule has 0 aromatic carbocycles. The highest BCUT2D eigenvalue weighted by Crippen LogP contribution is 1.95. The number of carbonyl (C=O) groups is 1. The van der Waals surface area contributed by atoms with Gasteiger partial charge < -0.3 is 10.8 Å². The van der Waals surface area contributed by atoms with E-state index in [1.807, 2.05) is 0 Å². The van der Waals surface area contributed by atoms with Crippen molar-refractivity contribution in [1.82, 2.24) is 0 Å². The van der Waals surface area contributed by atoms with Crippen LogP contribution in [-0.2, 0) is 4.79 Å². The number of rotatable bonds is 4. The molecule has 11 heavy (non-hydrogen) atoms. The summed E-state index contributed by atoms with van der Waals surface area (Å²) in [7, 11) is 0. The number of nitrogens with two attached hydrogens (primary N) is 1. The molecule has 3 N–H and O–H groups in total. The molecule has 0 heterocycles. The van der Waals surface area contributed by atoms with E-state index in [4.69, 9.17) is 17.3 Å². The molecule has 0 bridgehead atoms. The van der Waals surface area contributed by atoms with Crippen LogP contribution in [0.4, 0.5) is 0 Å². The highest BCUT2D eigenvalue weighted by Gasteiger charge is 2.00. The number of terminal acetylenes is 1. The molecule has 3 nitrogen and oxygen atoms in total. The number of carboxylic acid groups (broad SMARTS) is 1. The third-order valence-electron chi connectivity index (χ3n) is 1.13. The van der Waals surface area contributed by atoms with E-state index in [1.165, 1.54) is 6.08 Å². The van der Waals surface area contributed by atoms with Crippen molar-refractivity contribution in [2.45, 2.75) is 18.9 Å². The number of aliphatic carboxylic acids is 1. The second kappa shape index (κ2) is 5.51. The quantitative estimate of drug-likeness (QED) is 0.573. The molecule has 3 heteroatoms. The minimum absolute atomic E-state index is 0.0794. The highest BCUT2D eigenvalue weighted by atomic mass is 16.4. The number of hydrogen-bond donors (Lipinski definition) is 2. The minimum atomic E-state index is -0.838. The summed E-state index contributed by atoms with van der Waals surface area (Å²) in [5.74, 6) is 1.44. The average Bonchev–Trinajstić information content (AvgIpc) is 1.97. The van der Waals surface area contributed by atoms with Crippen molar-refractivity contribution >= 4 is 5.97 Å². The Morgan fingerprint density at radius 3 is 2.91 bits per heavy atom. The van der Waals surface area contributed by atoms with Crippen LogP contribution in [0.5, 0.6) is 0 Å². The predicted molar refractivity (Wildman–Crippen MR) is 42.8 cm³/mol. The molecule has 0 saturated heterocycles. The van der Waals surface area contributed by atoms with E-state index in [9.17, 15) is 4.79 Å². The van der Waals surface area contributed by atoms with Gasteiger partial charge in [-0.15, -0.1) is 6.42 Å². The van der Waals surface area contributed by atoms with Gasteiger partial charge in [0.15, 0.2) is 0 Å². The predicted octanol–water partition coefficient (Wildman–Crippen LogP) is 0.368. The molecule has 0 fully saturated rings. The summed E-state index contributed by atoms with van der Waals surface area (Å²) in [5, 5.41) is 8.27. The Morgan fingerprint density at radius 1 is 1.82 bits per heavy atom. The molecule has 0 spiro atoms. The Bertz CT molecular complexity index is 191. The lowest BCUT2D eigenvalue weighted by Gasteiger charge is -2.01. The van der Waals surface area contributed by atoms with E-state index in [2.05, 4.69) is 5.92 Å². The zero-order valence-corrected chi connectivity index (χ0v) is 6.16. The van der Waals surface area contributed by atoms with Crippen LogP contribution in [-0.4, -0.2) is 17.1 Å². The molecule has 0 aromatic rings. The van der Waals surface area contributed by atoms with Gasteiger partial charge in [0.2, 0.25) is 0 Å². The maximum Gasteiger partial charge on any atom is 0.303 e. The summed E-state index contributed by atoms with van der Waals surface area (Å²) in [6.45, 7) is 0. The van der Waals surface area contributed by atoms with E-state index in [0.29, 0.717) is 6.42 Å². The zero-order valence-electron chi connectivity index (χ0n) is 6.16. The SMILES string of the molecule is C#C/C=C/[C@@H](N)CCC(=O)O. The third kappa shape index (κ3) is 6.62. The van der Waals surface area contributed by atoms with Gasteiger partial charge in [-0.3, -0.25) is 4.79 Å². The lowest BCUT2D eigenvalue weighted by atomic mass is 10.1. The van der Waals surface area contributed by atoms with E-state index in [-0.39, 0.29) is 12.5 Å². The summed E-state index contributed by atoms with van der Waals surface area (Å²) in [6, 6.07) is -0.248. The molecule has 0 radical (unpaired) electrons. The smallest absolute Gasteiger partial charge is 0.303 e. The number of allylic oxidation sites excluding steroid dienone is 1. The molecule has 60 valence electrons. The molecule has 0 aromatic heterocycles. The molecule has 0 aliphatic carbocycles. The van der Waals surface area contributed by atoms with Crippen molar-refractivity contribution in [3.8, 4) is 12.3 Å². The summed E-state index contributed by atoms with van der Waals surface area (Å²) in [4.78, 5) is 10.1. The van der Waals surface area contributed by atoms with Crippen molar-refractivity contribution in [2.75, 3.05) is 0 Å². The van der Waals surface area contributed by atoms with E-state index < -0.39 is 5.97 Å². The van der Waals surface area contributed by atoms with Crippen LogP contribution in [0.25, 0.3) is 0 Å². The van der Waals surface area contributed by atoms with Crippen LogP contribution in [0.3, 0.4) is 0 Å². The van der Waals surface area contributed by atoms with Crippen LogP contribution in [0.15, 0.2) is 12.2 Å². The van der Waals surface area contributed by atoms with Gasteiger partial charge in [0.05, 0.1) is 0 Å². The first-order valence-electron chi connectivity index (χ1n) is 3.27. The second-order valence-electron chi connectivity index (χ2n) is 2.12. The molecular formula is C8H11NO2. The summed E-state index contributed by atoms with van der Waals surface area (Å²) in [5.41, 5.74) is 5.46. The minimum Gasteiger partial charge on any atom is -0.481 e. The lowest BCUT2D eigenvalue weighted by molar-refractivity contribution is -0.137. The molecule has 0 rings (SSSR count). The van der Waals surface area contributed by atoms with Gasteiger partial charge in [0.25, 0.3) is 0 Å². The second-order valence-corrected chi connectivity index (χ2v) is 2.12. The Hall–Kier alpha value is -1.27. The maximum atomic E-state index is 10.1. The fraction of sp³-hybridized carbons (Fsp3) is 0.375. The first-order chi connectivity index (χ1) is 5.16. The van der Waals surface area contributed by atoms with Crippen LogP contribution >= 0.6 is 0 Å². The fourth-order valence-electron chi connectivity index (χ4n) is 0.566. The van der Waals surface area contributed by atoms with E-state index in [1.54, 1.807) is 6.08 Å². The van der Waals surface area contributed by atoms with Crippen molar-refractivity contribution in [3.63, 3.8) is 0 Å². The lowest BCUT2D eigenvalue weighted by Crippen LogP contribution is -2.17. The summed E-state index contributed by atoms with van der Waals surface area (Å²) in [6.07, 6.45) is 8.52.